The molecule has 0 radical (unpaired) electrons. The van der Waals surface area contributed by atoms with Gasteiger partial charge in [-0.25, -0.2) is 0 Å². The molecule has 0 atom stereocenters. The predicted octanol–water partition coefficient (Wildman–Crippen LogP) is 2.12. The van der Waals surface area contributed by atoms with Gasteiger partial charge in [-0.15, -0.1) is 0 Å². The SMILES string of the molecule is CN(Cc1ccc2c(c1)OCCO2)C(=O)c1cccnc1. The van der Waals surface area contributed by atoms with E-state index in [4.69, 9.17) is 9.47 Å². The molecule has 1 aromatic carbocycles. The first kappa shape index (κ1) is 13.4. The summed E-state index contributed by atoms with van der Waals surface area (Å²) in [6.07, 6.45) is 3.22. The Balaban J connectivity index is 1.73. The quantitative estimate of drug-likeness (QED) is 0.866. The molecule has 3 rings (SSSR count). The summed E-state index contributed by atoms with van der Waals surface area (Å²) in [5.41, 5.74) is 1.58. The zero-order chi connectivity index (χ0) is 14.7. The van der Waals surface area contributed by atoms with E-state index in [1.165, 1.54) is 0 Å². The molecule has 5 nitrogen and oxygen atoms in total. The van der Waals surface area contributed by atoms with Gasteiger partial charge in [-0.3, -0.25) is 9.78 Å². The third kappa shape index (κ3) is 2.97. The minimum Gasteiger partial charge on any atom is -0.486 e. The van der Waals surface area contributed by atoms with E-state index >= 15 is 0 Å². The van der Waals surface area contributed by atoms with Gasteiger partial charge in [0.25, 0.3) is 5.91 Å². The van der Waals surface area contributed by atoms with Gasteiger partial charge in [0.05, 0.1) is 5.56 Å². The van der Waals surface area contributed by atoms with E-state index in [0.717, 1.165) is 17.1 Å². The summed E-state index contributed by atoms with van der Waals surface area (Å²) in [7, 11) is 1.77. The highest BCUT2D eigenvalue weighted by Crippen LogP contribution is 2.31. The molecule has 5 heteroatoms. The molecule has 0 fully saturated rings. The van der Waals surface area contributed by atoms with Crippen LogP contribution < -0.4 is 9.47 Å². The smallest absolute Gasteiger partial charge is 0.255 e. The molecule has 1 aliphatic heterocycles. The van der Waals surface area contributed by atoms with Gasteiger partial charge in [-0.05, 0) is 29.8 Å². The van der Waals surface area contributed by atoms with Crippen LogP contribution in [0.4, 0.5) is 0 Å². The van der Waals surface area contributed by atoms with Crippen LogP contribution in [0.25, 0.3) is 0 Å². The van der Waals surface area contributed by atoms with Crippen molar-refractivity contribution < 1.29 is 14.3 Å². The van der Waals surface area contributed by atoms with E-state index in [1.54, 1.807) is 36.5 Å². The second kappa shape index (κ2) is 5.83. The average Bonchev–Trinajstić information content (AvgIpc) is 2.55. The molecule has 0 unspecified atom stereocenters. The van der Waals surface area contributed by atoms with Crippen molar-refractivity contribution in [3.05, 3.63) is 53.9 Å². The molecule has 0 N–H and O–H groups in total. The lowest BCUT2D eigenvalue weighted by molar-refractivity contribution is 0.0784. The van der Waals surface area contributed by atoms with Gasteiger partial charge in [0.2, 0.25) is 0 Å². The normalized spacial score (nSPS) is 12.8. The summed E-state index contributed by atoms with van der Waals surface area (Å²) in [5, 5.41) is 0. The molecule has 0 spiro atoms. The molecule has 0 bridgehead atoms. The summed E-state index contributed by atoms with van der Waals surface area (Å²) in [6, 6.07) is 9.26. The van der Waals surface area contributed by atoms with Crippen LogP contribution in [0.1, 0.15) is 15.9 Å². The number of ether oxygens (including phenoxy) is 2. The lowest BCUT2D eigenvalue weighted by Crippen LogP contribution is -2.26. The minimum atomic E-state index is -0.0574. The highest BCUT2D eigenvalue weighted by molar-refractivity contribution is 5.93. The number of fused-ring (bicyclic) bond motifs is 1. The second-order valence-corrected chi connectivity index (χ2v) is 4.88. The maximum Gasteiger partial charge on any atom is 0.255 e. The minimum absolute atomic E-state index is 0.0574. The van der Waals surface area contributed by atoms with Gasteiger partial charge < -0.3 is 14.4 Å². The number of carbonyl (C=O) groups excluding carboxylic acids is 1. The van der Waals surface area contributed by atoms with Crippen LogP contribution in [0.3, 0.4) is 0 Å². The van der Waals surface area contributed by atoms with Crippen molar-refractivity contribution in [1.29, 1.82) is 0 Å². The van der Waals surface area contributed by atoms with Gasteiger partial charge in [-0.1, -0.05) is 6.07 Å². The van der Waals surface area contributed by atoms with E-state index < -0.39 is 0 Å². The average molecular weight is 284 g/mol. The number of carbonyl (C=O) groups is 1. The fourth-order valence-corrected chi connectivity index (χ4v) is 2.24. The number of nitrogens with zero attached hydrogens (tertiary/aromatic N) is 2. The second-order valence-electron chi connectivity index (χ2n) is 4.88. The van der Waals surface area contributed by atoms with Crippen molar-refractivity contribution in [2.75, 3.05) is 20.3 Å². The third-order valence-corrected chi connectivity index (χ3v) is 3.28. The van der Waals surface area contributed by atoms with Gasteiger partial charge in [-0.2, -0.15) is 0 Å². The van der Waals surface area contributed by atoms with Gasteiger partial charge in [0.15, 0.2) is 11.5 Å². The van der Waals surface area contributed by atoms with Crippen molar-refractivity contribution in [3.8, 4) is 11.5 Å². The number of amides is 1. The molecular weight excluding hydrogens is 268 g/mol. The first-order valence-corrected chi connectivity index (χ1v) is 6.78. The first-order chi connectivity index (χ1) is 10.2. The summed E-state index contributed by atoms with van der Waals surface area (Å²) in [5.74, 6) is 1.44. The Kier molecular flexibility index (Phi) is 3.73. The molecular formula is C16H16N2O3. The van der Waals surface area contributed by atoms with Gasteiger partial charge in [0.1, 0.15) is 13.2 Å². The standard InChI is InChI=1S/C16H16N2O3/c1-18(16(19)13-3-2-6-17-10-13)11-12-4-5-14-15(9-12)21-8-7-20-14/h2-6,9-10H,7-8,11H2,1H3. The monoisotopic (exact) mass is 284 g/mol. The van der Waals surface area contributed by atoms with Crippen LogP contribution >= 0.6 is 0 Å². The lowest BCUT2D eigenvalue weighted by Gasteiger charge is -2.21. The maximum absolute atomic E-state index is 12.3. The number of benzene rings is 1. The van der Waals surface area contributed by atoms with Crippen LogP contribution in [0.5, 0.6) is 11.5 Å². The maximum atomic E-state index is 12.3. The molecule has 2 heterocycles. The van der Waals surface area contributed by atoms with Crippen LogP contribution in [0.15, 0.2) is 42.7 Å². The number of hydrogen-bond donors (Lipinski definition) is 0. The van der Waals surface area contributed by atoms with Crippen molar-refractivity contribution in [2.24, 2.45) is 0 Å². The fourth-order valence-electron chi connectivity index (χ4n) is 2.24. The molecule has 2 aromatic rings. The summed E-state index contributed by atoms with van der Waals surface area (Å²) in [4.78, 5) is 17.9. The predicted molar refractivity (Wildman–Crippen MR) is 77.5 cm³/mol. The molecule has 1 aliphatic rings. The van der Waals surface area contributed by atoms with E-state index in [-0.39, 0.29) is 5.91 Å². The number of rotatable bonds is 3. The largest absolute Gasteiger partial charge is 0.486 e. The summed E-state index contributed by atoms with van der Waals surface area (Å²) < 4.78 is 11.0. The Hall–Kier alpha value is -2.56. The Morgan fingerprint density at radius 1 is 1.24 bits per heavy atom. The number of aromatic nitrogens is 1. The number of hydrogen-bond acceptors (Lipinski definition) is 4. The molecule has 0 saturated heterocycles. The molecule has 108 valence electrons. The third-order valence-electron chi connectivity index (χ3n) is 3.28. The highest BCUT2D eigenvalue weighted by Gasteiger charge is 2.15. The van der Waals surface area contributed by atoms with Crippen molar-refractivity contribution >= 4 is 5.91 Å². The zero-order valence-electron chi connectivity index (χ0n) is 11.8. The van der Waals surface area contributed by atoms with Gasteiger partial charge >= 0.3 is 0 Å². The Morgan fingerprint density at radius 3 is 2.81 bits per heavy atom. The summed E-state index contributed by atoms with van der Waals surface area (Å²) in [6.45, 7) is 1.64. The van der Waals surface area contributed by atoms with Crippen LogP contribution in [-0.2, 0) is 6.54 Å². The van der Waals surface area contributed by atoms with Crippen molar-refractivity contribution in [2.45, 2.75) is 6.54 Å². The van der Waals surface area contributed by atoms with Crippen LogP contribution in [-0.4, -0.2) is 36.1 Å². The van der Waals surface area contributed by atoms with Crippen LogP contribution in [0, 0.1) is 0 Å². The number of pyridine rings is 1. The molecule has 0 aliphatic carbocycles. The molecule has 21 heavy (non-hydrogen) atoms. The van der Waals surface area contributed by atoms with Crippen molar-refractivity contribution in [3.63, 3.8) is 0 Å². The first-order valence-electron chi connectivity index (χ1n) is 6.78. The lowest BCUT2D eigenvalue weighted by atomic mass is 10.1. The molecule has 0 saturated carbocycles. The van der Waals surface area contributed by atoms with Crippen LogP contribution in [0.2, 0.25) is 0 Å². The molecule has 1 amide bonds. The van der Waals surface area contributed by atoms with E-state index in [1.807, 2.05) is 18.2 Å². The van der Waals surface area contributed by atoms with E-state index in [9.17, 15) is 4.79 Å². The Morgan fingerprint density at radius 2 is 2.05 bits per heavy atom. The fraction of sp³-hybridized carbons (Fsp3) is 0.250. The van der Waals surface area contributed by atoms with E-state index in [0.29, 0.717) is 25.3 Å². The zero-order valence-corrected chi connectivity index (χ0v) is 11.8. The Labute approximate surface area is 123 Å². The van der Waals surface area contributed by atoms with E-state index in [2.05, 4.69) is 4.98 Å². The van der Waals surface area contributed by atoms with Crippen molar-refractivity contribution in [1.82, 2.24) is 9.88 Å². The Bertz CT molecular complexity index is 643. The van der Waals surface area contributed by atoms with Gasteiger partial charge in [0, 0.05) is 26.0 Å². The topological polar surface area (TPSA) is 51.7 Å². The highest BCUT2D eigenvalue weighted by atomic mass is 16.6. The molecule has 1 aromatic heterocycles. The summed E-state index contributed by atoms with van der Waals surface area (Å²) >= 11 is 0.